The number of hydrogen-bond acceptors (Lipinski definition) is 2. The van der Waals surface area contributed by atoms with E-state index < -0.39 is 11.4 Å². The molecule has 0 heterocycles. The lowest BCUT2D eigenvalue weighted by molar-refractivity contribution is -0.140. The van der Waals surface area contributed by atoms with E-state index >= 15 is 0 Å². The first kappa shape index (κ1) is 12.9. The molecular formula is C15H20O3. The number of aryl methyl sites for hydroxylation is 1. The normalized spacial score (nSPS) is 16.9. The van der Waals surface area contributed by atoms with Gasteiger partial charge in [-0.05, 0) is 36.3 Å². The van der Waals surface area contributed by atoms with Crippen LogP contribution in [0.15, 0.2) is 12.1 Å². The van der Waals surface area contributed by atoms with Crippen LogP contribution in [0.5, 0.6) is 5.75 Å². The van der Waals surface area contributed by atoms with Crippen LogP contribution in [-0.4, -0.2) is 16.2 Å². The summed E-state index contributed by atoms with van der Waals surface area (Å²) in [6.45, 7) is 6.03. The minimum Gasteiger partial charge on any atom is -0.507 e. The number of aliphatic carboxylic acids is 1. The van der Waals surface area contributed by atoms with E-state index in [1.54, 1.807) is 0 Å². The molecule has 98 valence electrons. The topological polar surface area (TPSA) is 57.5 Å². The third kappa shape index (κ3) is 1.78. The smallest absolute Gasteiger partial charge is 0.314 e. The molecule has 18 heavy (non-hydrogen) atoms. The number of hydrogen-bond donors (Lipinski definition) is 2. The summed E-state index contributed by atoms with van der Waals surface area (Å²) in [5, 5.41) is 19.8. The number of carboxylic acids is 1. The Morgan fingerprint density at radius 1 is 1.39 bits per heavy atom. The summed E-state index contributed by atoms with van der Waals surface area (Å²) in [6.07, 6.45) is 1.97. The second-order valence-corrected chi connectivity index (χ2v) is 5.43. The zero-order valence-corrected chi connectivity index (χ0v) is 11.2. The summed E-state index contributed by atoms with van der Waals surface area (Å²) in [7, 11) is 0. The molecule has 0 unspecified atom stereocenters. The number of carbonyl (C=O) groups is 1. The average molecular weight is 248 g/mol. The van der Waals surface area contributed by atoms with E-state index in [9.17, 15) is 15.0 Å². The predicted octanol–water partition coefficient (Wildman–Crippen LogP) is 3.19. The van der Waals surface area contributed by atoms with Gasteiger partial charge in [-0.1, -0.05) is 32.9 Å². The summed E-state index contributed by atoms with van der Waals surface area (Å²) in [6, 6.07) is 3.88. The van der Waals surface area contributed by atoms with Gasteiger partial charge in [-0.3, -0.25) is 4.79 Å². The molecule has 3 nitrogen and oxygen atoms in total. The fraction of sp³-hybridized carbons (Fsp3) is 0.533. The van der Waals surface area contributed by atoms with E-state index in [2.05, 4.69) is 0 Å². The molecule has 1 saturated carbocycles. The molecule has 0 amide bonds. The zero-order chi connectivity index (χ0) is 13.5. The first-order valence-electron chi connectivity index (χ1n) is 6.52. The molecule has 1 aromatic carbocycles. The third-order valence-corrected chi connectivity index (χ3v) is 3.93. The van der Waals surface area contributed by atoms with Gasteiger partial charge in [-0.15, -0.1) is 0 Å². The molecular weight excluding hydrogens is 228 g/mol. The van der Waals surface area contributed by atoms with Gasteiger partial charge in [-0.25, -0.2) is 0 Å². The number of carboxylic acid groups (broad SMARTS) is 1. The summed E-state index contributed by atoms with van der Waals surface area (Å²) >= 11 is 0. The first-order chi connectivity index (χ1) is 8.44. The van der Waals surface area contributed by atoms with E-state index in [1.807, 2.05) is 32.9 Å². The number of phenolic OH excluding ortho intramolecular Hbond substituents is 1. The predicted molar refractivity (Wildman–Crippen MR) is 70.1 cm³/mol. The minimum atomic E-state index is -0.838. The summed E-state index contributed by atoms with van der Waals surface area (Å²) in [5.41, 5.74) is 1.62. The van der Waals surface area contributed by atoms with Crippen LogP contribution in [0.1, 0.15) is 56.2 Å². The van der Waals surface area contributed by atoms with Gasteiger partial charge in [0.15, 0.2) is 0 Å². The van der Waals surface area contributed by atoms with Gasteiger partial charge in [0.2, 0.25) is 0 Å². The number of benzene rings is 1. The lowest BCUT2D eigenvalue weighted by Crippen LogP contribution is -2.22. The Morgan fingerprint density at radius 3 is 2.39 bits per heavy atom. The number of phenols is 1. The van der Waals surface area contributed by atoms with Crippen molar-refractivity contribution in [3.8, 4) is 5.75 Å². The molecule has 1 aromatic rings. The molecule has 1 fully saturated rings. The molecule has 0 saturated heterocycles. The average Bonchev–Trinajstić information content (AvgIpc) is 3.09. The van der Waals surface area contributed by atoms with Crippen LogP contribution in [-0.2, 0) is 16.6 Å². The van der Waals surface area contributed by atoms with Crippen molar-refractivity contribution in [1.82, 2.24) is 0 Å². The van der Waals surface area contributed by atoms with Crippen LogP contribution in [0.25, 0.3) is 0 Å². The lowest BCUT2D eigenvalue weighted by atomic mass is 9.84. The van der Waals surface area contributed by atoms with Crippen molar-refractivity contribution in [3.63, 3.8) is 0 Å². The molecule has 1 aliphatic carbocycles. The SMILES string of the molecule is CCc1ccc(C(C)C)c(C2(C(=O)O)CC2)c1O. The van der Waals surface area contributed by atoms with Crippen LogP contribution in [0.4, 0.5) is 0 Å². The fourth-order valence-electron chi connectivity index (χ4n) is 2.62. The molecule has 0 aromatic heterocycles. The summed E-state index contributed by atoms with van der Waals surface area (Å²) < 4.78 is 0. The van der Waals surface area contributed by atoms with Gasteiger partial charge < -0.3 is 10.2 Å². The molecule has 0 aliphatic heterocycles. The summed E-state index contributed by atoms with van der Waals surface area (Å²) in [4.78, 5) is 11.5. The monoisotopic (exact) mass is 248 g/mol. The van der Waals surface area contributed by atoms with Gasteiger partial charge >= 0.3 is 5.97 Å². The highest BCUT2D eigenvalue weighted by atomic mass is 16.4. The number of rotatable bonds is 4. The second kappa shape index (κ2) is 4.30. The molecule has 0 radical (unpaired) electrons. The maximum Gasteiger partial charge on any atom is 0.314 e. The molecule has 2 rings (SSSR count). The Balaban J connectivity index is 2.66. The first-order valence-corrected chi connectivity index (χ1v) is 6.52. The second-order valence-electron chi connectivity index (χ2n) is 5.43. The van der Waals surface area contributed by atoms with Crippen LogP contribution in [0.2, 0.25) is 0 Å². The van der Waals surface area contributed by atoms with Crippen molar-refractivity contribution >= 4 is 5.97 Å². The summed E-state index contributed by atoms with van der Waals surface area (Å²) in [5.74, 6) is -0.398. The lowest BCUT2D eigenvalue weighted by Gasteiger charge is -2.21. The quantitative estimate of drug-likeness (QED) is 0.860. The molecule has 3 heteroatoms. The van der Waals surface area contributed by atoms with Crippen molar-refractivity contribution in [2.75, 3.05) is 0 Å². The van der Waals surface area contributed by atoms with E-state index in [1.165, 1.54) is 0 Å². The van der Waals surface area contributed by atoms with E-state index in [4.69, 9.17) is 0 Å². The highest BCUT2D eigenvalue weighted by molar-refractivity contribution is 5.87. The molecule has 1 aliphatic rings. The van der Waals surface area contributed by atoms with Crippen molar-refractivity contribution < 1.29 is 15.0 Å². The maximum atomic E-state index is 11.5. The molecule has 0 spiro atoms. The molecule has 0 atom stereocenters. The van der Waals surface area contributed by atoms with Crippen LogP contribution in [0.3, 0.4) is 0 Å². The van der Waals surface area contributed by atoms with E-state index in [-0.39, 0.29) is 11.7 Å². The van der Waals surface area contributed by atoms with Crippen molar-refractivity contribution in [2.24, 2.45) is 0 Å². The van der Waals surface area contributed by atoms with Crippen LogP contribution >= 0.6 is 0 Å². The molecule has 0 bridgehead atoms. The van der Waals surface area contributed by atoms with E-state index in [0.717, 1.165) is 11.1 Å². The highest BCUT2D eigenvalue weighted by Crippen LogP contribution is 2.54. The maximum absolute atomic E-state index is 11.5. The largest absolute Gasteiger partial charge is 0.507 e. The van der Waals surface area contributed by atoms with Crippen LogP contribution in [0, 0.1) is 0 Å². The van der Waals surface area contributed by atoms with Gasteiger partial charge in [-0.2, -0.15) is 0 Å². The van der Waals surface area contributed by atoms with Crippen molar-refractivity contribution in [3.05, 3.63) is 28.8 Å². The Hall–Kier alpha value is -1.51. The minimum absolute atomic E-state index is 0.198. The fourth-order valence-corrected chi connectivity index (χ4v) is 2.62. The van der Waals surface area contributed by atoms with Gasteiger partial charge in [0.05, 0.1) is 5.41 Å². The third-order valence-electron chi connectivity index (χ3n) is 3.93. The Kier molecular flexibility index (Phi) is 3.09. The molecule has 2 N–H and O–H groups in total. The van der Waals surface area contributed by atoms with Crippen LogP contribution < -0.4 is 0 Å². The van der Waals surface area contributed by atoms with Gasteiger partial charge in [0, 0.05) is 5.56 Å². The zero-order valence-electron chi connectivity index (χ0n) is 11.2. The Bertz CT molecular complexity index is 485. The Labute approximate surface area is 107 Å². The van der Waals surface area contributed by atoms with Gasteiger partial charge in [0.25, 0.3) is 0 Å². The highest BCUT2D eigenvalue weighted by Gasteiger charge is 2.54. The number of aromatic hydroxyl groups is 1. The Morgan fingerprint density at radius 2 is 2.00 bits per heavy atom. The van der Waals surface area contributed by atoms with Crippen molar-refractivity contribution in [1.29, 1.82) is 0 Å². The standard InChI is InChI=1S/C15H20O3/c1-4-10-5-6-11(9(2)3)12(13(10)16)15(7-8-15)14(17)18/h5-6,9,16H,4,7-8H2,1-3H3,(H,17,18). The van der Waals surface area contributed by atoms with E-state index in [0.29, 0.717) is 24.8 Å². The van der Waals surface area contributed by atoms with Gasteiger partial charge in [0.1, 0.15) is 5.75 Å². The van der Waals surface area contributed by atoms with Crippen molar-refractivity contribution in [2.45, 2.75) is 51.4 Å².